The minimum Gasteiger partial charge on any atom is -0.391 e. The number of benzene rings is 1. The SMILES string of the molecule is CCC[C@H](O)[C@H](CNC(C)CC)NC(=O)CNC(=O)c1cc(C(F)(F)F)ccc1NC(=O)ON1CCC1. The summed E-state index contributed by atoms with van der Waals surface area (Å²) in [5, 5.41) is 22.2. The molecule has 0 aromatic heterocycles. The van der Waals surface area contributed by atoms with Crippen molar-refractivity contribution in [3.63, 3.8) is 0 Å². The normalized spacial score (nSPS) is 16.2. The van der Waals surface area contributed by atoms with Gasteiger partial charge in [0.05, 0.1) is 35.5 Å². The van der Waals surface area contributed by atoms with Crippen LogP contribution in [0.2, 0.25) is 0 Å². The van der Waals surface area contributed by atoms with Gasteiger partial charge in [0.1, 0.15) is 0 Å². The number of alkyl halides is 3. The van der Waals surface area contributed by atoms with E-state index in [1.165, 1.54) is 5.06 Å². The molecule has 1 aliphatic heterocycles. The van der Waals surface area contributed by atoms with Crippen LogP contribution in [0.25, 0.3) is 0 Å². The molecular formula is C24H36F3N5O5. The van der Waals surface area contributed by atoms with Gasteiger partial charge in [-0.1, -0.05) is 20.3 Å². The molecule has 1 aromatic carbocycles. The van der Waals surface area contributed by atoms with Crippen molar-refractivity contribution >= 4 is 23.6 Å². The Morgan fingerprint density at radius 1 is 1.19 bits per heavy atom. The first-order valence-electron chi connectivity index (χ1n) is 12.4. The number of carbonyl (C=O) groups is 3. The second-order valence-electron chi connectivity index (χ2n) is 8.97. The zero-order chi connectivity index (χ0) is 27.6. The molecule has 10 nitrogen and oxygen atoms in total. The molecule has 5 N–H and O–H groups in total. The molecule has 1 aromatic rings. The summed E-state index contributed by atoms with van der Waals surface area (Å²) in [4.78, 5) is 42.4. The van der Waals surface area contributed by atoms with Gasteiger partial charge in [0.25, 0.3) is 5.91 Å². The predicted octanol–water partition coefficient (Wildman–Crippen LogP) is 2.64. The maximum atomic E-state index is 13.3. The smallest absolute Gasteiger partial charge is 0.391 e. The van der Waals surface area contributed by atoms with Crippen LogP contribution in [0.3, 0.4) is 0 Å². The van der Waals surface area contributed by atoms with Crippen molar-refractivity contribution < 1.29 is 37.5 Å². The highest BCUT2D eigenvalue weighted by Gasteiger charge is 2.32. The van der Waals surface area contributed by atoms with E-state index in [-0.39, 0.29) is 11.7 Å². The Hall–Kier alpha value is -2.90. The number of aliphatic hydroxyl groups excluding tert-OH is 1. The second-order valence-corrected chi connectivity index (χ2v) is 8.97. The number of hydrogen-bond donors (Lipinski definition) is 5. The van der Waals surface area contributed by atoms with Crippen LogP contribution in [-0.2, 0) is 15.8 Å². The average Bonchev–Trinajstić information content (AvgIpc) is 2.81. The minimum absolute atomic E-state index is 0.160. The number of halogens is 3. The van der Waals surface area contributed by atoms with Crippen molar-refractivity contribution in [2.24, 2.45) is 0 Å². The van der Waals surface area contributed by atoms with Gasteiger partial charge in [-0.2, -0.15) is 13.2 Å². The van der Waals surface area contributed by atoms with Crippen molar-refractivity contribution in [3.05, 3.63) is 29.3 Å². The van der Waals surface area contributed by atoms with E-state index in [0.717, 1.165) is 25.0 Å². The summed E-state index contributed by atoms with van der Waals surface area (Å²) in [6.07, 6.45) is -3.67. The Balaban J connectivity index is 2.08. The summed E-state index contributed by atoms with van der Waals surface area (Å²) in [5.74, 6) is -1.62. The van der Waals surface area contributed by atoms with E-state index in [1.54, 1.807) is 0 Å². The largest absolute Gasteiger partial charge is 0.430 e. The molecule has 0 bridgehead atoms. The van der Waals surface area contributed by atoms with Crippen LogP contribution in [0, 0.1) is 0 Å². The van der Waals surface area contributed by atoms with Gasteiger partial charge in [-0.3, -0.25) is 14.9 Å². The number of carbonyl (C=O) groups excluding carboxylic acids is 3. The molecule has 1 aliphatic rings. The Bertz CT molecular complexity index is 927. The van der Waals surface area contributed by atoms with E-state index in [0.29, 0.717) is 38.5 Å². The second kappa shape index (κ2) is 14.1. The third-order valence-electron chi connectivity index (χ3n) is 5.96. The predicted molar refractivity (Wildman–Crippen MR) is 131 cm³/mol. The molecule has 3 amide bonds. The Morgan fingerprint density at radius 3 is 2.46 bits per heavy atom. The first-order chi connectivity index (χ1) is 17.4. The zero-order valence-electron chi connectivity index (χ0n) is 21.3. The van der Waals surface area contributed by atoms with E-state index in [1.807, 2.05) is 20.8 Å². The van der Waals surface area contributed by atoms with Crippen molar-refractivity contribution in [2.45, 2.75) is 70.8 Å². The van der Waals surface area contributed by atoms with Crippen molar-refractivity contribution in [2.75, 3.05) is 31.5 Å². The van der Waals surface area contributed by atoms with E-state index < -0.39 is 53.9 Å². The molecule has 1 unspecified atom stereocenters. The van der Waals surface area contributed by atoms with Gasteiger partial charge in [0, 0.05) is 25.7 Å². The van der Waals surface area contributed by atoms with E-state index in [4.69, 9.17) is 4.84 Å². The van der Waals surface area contributed by atoms with Gasteiger partial charge < -0.3 is 25.9 Å². The third-order valence-corrected chi connectivity index (χ3v) is 5.96. The highest BCUT2D eigenvalue weighted by atomic mass is 19.4. The lowest BCUT2D eigenvalue weighted by atomic mass is 10.1. The molecule has 2 rings (SSSR count). The molecule has 1 fully saturated rings. The Kier molecular flexibility index (Phi) is 11.6. The summed E-state index contributed by atoms with van der Waals surface area (Å²) < 4.78 is 39.8. The molecule has 0 aliphatic carbocycles. The van der Waals surface area contributed by atoms with Crippen LogP contribution >= 0.6 is 0 Å². The fourth-order valence-corrected chi connectivity index (χ4v) is 3.41. The summed E-state index contributed by atoms with van der Waals surface area (Å²) in [6.45, 7) is 6.66. The Labute approximate surface area is 214 Å². The van der Waals surface area contributed by atoms with Gasteiger partial charge in [-0.15, -0.1) is 5.06 Å². The van der Waals surface area contributed by atoms with Gasteiger partial charge in [-0.05, 0) is 44.4 Å². The molecule has 3 atom stereocenters. The molecule has 1 saturated heterocycles. The summed E-state index contributed by atoms with van der Waals surface area (Å²) in [5.41, 5.74) is -1.78. The van der Waals surface area contributed by atoms with Crippen molar-refractivity contribution in [1.29, 1.82) is 0 Å². The number of anilines is 1. The standard InChI is InChI=1S/C24H36F3N5O5/c1-4-7-20(33)19(13-28-15(3)5-2)30-21(34)14-29-22(35)17-12-16(24(25,26)27)8-9-18(17)31-23(36)37-32-10-6-11-32/h8-9,12,15,19-20,28,33H,4-7,10-11,13-14H2,1-3H3,(H,29,35)(H,30,34)(H,31,36)/t15?,19-,20-/m0/s1. The number of hydrogen-bond acceptors (Lipinski definition) is 7. The fraction of sp³-hybridized carbons (Fsp3) is 0.625. The number of aliphatic hydroxyl groups is 1. The molecule has 208 valence electrons. The van der Waals surface area contributed by atoms with Crippen LogP contribution in [0.4, 0.5) is 23.7 Å². The average molecular weight is 532 g/mol. The maximum absolute atomic E-state index is 13.3. The first-order valence-corrected chi connectivity index (χ1v) is 12.4. The van der Waals surface area contributed by atoms with E-state index in [9.17, 15) is 32.7 Å². The number of nitrogens with one attached hydrogen (secondary N) is 4. The minimum atomic E-state index is -4.73. The topological polar surface area (TPSA) is 132 Å². The molecule has 37 heavy (non-hydrogen) atoms. The lowest BCUT2D eigenvalue weighted by Gasteiger charge is -2.28. The fourth-order valence-electron chi connectivity index (χ4n) is 3.41. The van der Waals surface area contributed by atoms with Crippen LogP contribution < -0.4 is 21.3 Å². The third kappa shape index (κ3) is 9.82. The number of nitrogens with zero attached hydrogens (tertiary/aromatic N) is 1. The maximum Gasteiger partial charge on any atom is 0.430 e. The highest BCUT2D eigenvalue weighted by Crippen LogP contribution is 2.32. The van der Waals surface area contributed by atoms with Crippen LogP contribution in [0.15, 0.2) is 18.2 Å². The molecule has 0 saturated carbocycles. The van der Waals surface area contributed by atoms with Crippen molar-refractivity contribution in [3.8, 4) is 0 Å². The van der Waals surface area contributed by atoms with Gasteiger partial charge >= 0.3 is 12.3 Å². The number of rotatable bonds is 13. The van der Waals surface area contributed by atoms with E-state index in [2.05, 4.69) is 21.3 Å². The summed E-state index contributed by atoms with van der Waals surface area (Å²) >= 11 is 0. The van der Waals surface area contributed by atoms with Crippen LogP contribution in [-0.4, -0.2) is 72.4 Å². The lowest BCUT2D eigenvalue weighted by molar-refractivity contribution is -0.137. The monoisotopic (exact) mass is 531 g/mol. The lowest BCUT2D eigenvalue weighted by Crippen LogP contribution is -2.52. The summed E-state index contributed by atoms with van der Waals surface area (Å²) in [7, 11) is 0. The van der Waals surface area contributed by atoms with E-state index >= 15 is 0 Å². The number of amides is 3. The zero-order valence-corrected chi connectivity index (χ0v) is 21.3. The molecule has 1 heterocycles. The molecule has 0 spiro atoms. The van der Waals surface area contributed by atoms with Crippen LogP contribution in [0.5, 0.6) is 0 Å². The molecular weight excluding hydrogens is 495 g/mol. The van der Waals surface area contributed by atoms with Crippen LogP contribution in [0.1, 0.15) is 62.4 Å². The Morgan fingerprint density at radius 2 is 1.89 bits per heavy atom. The number of hydroxylamine groups is 2. The molecule has 0 radical (unpaired) electrons. The molecule has 13 heteroatoms. The van der Waals surface area contributed by atoms with Gasteiger partial charge in [0.2, 0.25) is 5.91 Å². The highest BCUT2D eigenvalue weighted by molar-refractivity contribution is 6.03. The quantitative estimate of drug-likeness (QED) is 0.264. The van der Waals surface area contributed by atoms with Gasteiger partial charge in [0.15, 0.2) is 0 Å². The van der Waals surface area contributed by atoms with Crippen molar-refractivity contribution in [1.82, 2.24) is 21.0 Å². The summed E-state index contributed by atoms with van der Waals surface area (Å²) in [6, 6.07) is 1.81. The van der Waals surface area contributed by atoms with Gasteiger partial charge in [-0.25, -0.2) is 4.79 Å². The first kappa shape index (κ1) is 30.3.